The molecule has 0 spiro atoms. The van der Waals surface area contributed by atoms with Crippen molar-refractivity contribution in [3.63, 3.8) is 0 Å². The SMILES string of the molecule is CCCC(C)(O)CNC(=O)c1ccc([N+](=O)[O-])n1C. The van der Waals surface area contributed by atoms with Crippen LogP contribution in [0, 0.1) is 10.1 Å². The number of carbonyl (C=O) groups excluding carboxylic acids is 1. The number of hydrogen-bond acceptors (Lipinski definition) is 4. The molecule has 2 N–H and O–H groups in total. The first-order valence-corrected chi connectivity index (χ1v) is 6.09. The van der Waals surface area contributed by atoms with Crippen LogP contribution in [0.3, 0.4) is 0 Å². The third-order valence-electron chi connectivity index (χ3n) is 2.93. The zero-order chi connectivity index (χ0) is 14.6. The largest absolute Gasteiger partial charge is 0.388 e. The maximum atomic E-state index is 11.9. The van der Waals surface area contributed by atoms with Gasteiger partial charge in [-0.25, -0.2) is 4.57 Å². The molecule has 0 aliphatic heterocycles. The summed E-state index contributed by atoms with van der Waals surface area (Å²) in [6.07, 6.45) is 1.37. The minimum atomic E-state index is -0.971. The van der Waals surface area contributed by atoms with E-state index in [1.54, 1.807) is 6.92 Å². The topological polar surface area (TPSA) is 97.4 Å². The number of rotatable bonds is 6. The van der Waals surface area contributed by atoms with Crippen molar-refractivity contribution < 1.29 is 14.8 Å². The number of amides is 1. The smallest absolute Gasteiger partial charge is 0.323 e. The molecule has 106 valence electrons. The highest BCUT2D eigenvalue weighted by molar-refractivity contribution is 5.93. The van der Waals surface area contributed by atoms with Crippen LogP contribution in [0.25, 0.3) is 0 Å². The number of nitro groups is 1. The average Bonchev–Trinajstić information content (AvgIpc) is 2.68. The Hall–Kier alpha value is -1.89. The highest BCUT2D eigenvalue weighted by Gasteiger charge is 2.24. The van der Waals surface area contributed by atoms with Crippen molar-refractivity contribution in [1.29, 1.82) is 0 Å². The van der Waals surface area contributed by atoms with E-state index in [0.717, 1.165) is 6.42 Å². The quantitative estimate of drug-likeness (QED) is 0.599. The molecule has 7 heteroatoms. The molecule has 0 fully saturated rings. The van der Waals surface area contributed by atoms with E-state index >= 15 is 0 Å². The Kier molecular flexibility index (Phi) is 4.66. The van der Waals surface area contributed by atoms with Gasteiger partial charge >= 0.3 is 5.82 Å². The first-order valence-electron chi connectivity index (χ1n) is 6.09. The molecule has 1 amide bonds. The molecule has 1 heterocycles. The number of carbonyl (C=O) groups is 1. The first-order chi connectivity index (χ1) is 8.78. The zero-order valence-electron chi connectivity index (χ0n) is 11.3. The summed E-state index contributed by atoms with van der Waals surface area (Å²) in [7, 11) is 1.46. The molecule has 0 aliphatic rings. The van der Waals surface area contributed by atoms with Crippen molar-refractivity contribution in [1.82, 2.24) is 9.88 Å². The summed E-state index contributed by atoms with van der Waals surface area (Å²) in [5.74, 6) is -0.586. The van der Waals surface area contributed by atoms with Gasteiger partial charge in [-0.2, -0.15) is 0 Å². The van der Waals surface area contributed by atoms with E-state index < -0.39 is 16.4 Å². The molecule has 1 aromatic rings. The van der Waals surface area contributed by atoms with Gasteiger partial charge in [-0.05, 0) is 24.3 Å². The molecular formula is C12H19N3O4. The van der Waals surface area contributed by atoms with Gasteiger partial charge in [-0.3, -0.25) is 4.79 Å². The Morgan fingerprint density at radius 2 is 2.21 bits per heavy atom. The Balaban J connectivity index is 2.72. The van der Waals surface area contributed by atoms with Gasteiger partial charge in [0.2, 0.25) is 0 Å². The van der Waals surface area contributed by atoms with E-state index in [2.05, 4.69) is 5.32 Å². The van der Waals surface area contributed by atoms with E-state index in [9.17, 15) is 20.0 Å². The van der Waals surface area contributed by atoms with E-state index in [0.29, 0.717) is 6.42 Å². The monoisotopic (exact) mass is 269 g/mol. The number of hydrogen-bond donors (Lipinski definition) is 2. The minimum absolute atomic E-state index is 0.110. The van der Waals surface area contributed by atoms with Crippen molar-refractivity contribution in [3.8, 4) is 0 Å². The van der Waals surface area contributed by atoms with Crippen LogP contribution in [0.4, 0.5) is 5.82 Å². The fourth-order valence-corrected chi connectivity index (χ4v) is 1.90. The number of nitrogens with zero attached hydrogens (tertiary/aromatic N) is 2. The van der Waals surface area contributed by atoms with Crippen LogP contribution in [0.1, 0.15) is 37.2 Å². The van der Waals surface area contributed by atoms with Crippen LogP contribution in [0.5, 0.6) is 0 Å². The van der Waals surface area contributed by atoms with Gasteiger partial charge in [0, 0.05) is 12.6 Å². The maximum Gasteiger partial charge on any atom is 0.323 e. The third-order valence-corrected chi connectivity index (χ3v) is 2.93. The fourth-order valence-electron chi connectivity index (χ4n) is 1.90. The number of aromatic nitrogens is 1. The third kappa shape index (κ3) is 3.78. The molecule has 1 atom stereocenters. The fraction of sp³-hybridized carbons (Fsp3) is 0.583. The highest BCUT2D eigenvalue weighted by Crippen LogP contribution is 2.15. The maximum absolute atomic E-state index is 11.9. The predicted molar refractivity (Wildman–Crippen MR) is 69.9 cm³/mol. The molecule has 7 nitrogen and oxygen atoms in total. The van der Waals surface area contributed by atoms with Crippen molar-refractivity contribution in [3.05, 3.63) is 27.9 Å². The normalized spacial score (nSPS) is 13.9. The molecule has 1 rings (SSSR count). The van der Waals surface area contributed by atoms with Gasteiger partial charge in [0.25, 0.3) is 5.91 Å². The van der Waals surface area contributed by atoms with Gasteiger partial charge in [-0.1, -0.05) is 13.3 Å². The molecule has 0 saturated heterocycles. The molecule has 1 aromatic heterocycles. The summed E-state index contributed by atoms with van der Waals surface area (Å²) >= 11 is 0. The van der Waals surface area contributed by atoms with Crippen LogP contribution >= 0.6 is 0 Å². The highest BCUT2D eigenvalue weighted by atomic mass is 16.6. The van der Waals surface area contributed by atoms with Gasteiger partial charge in [-0.15, -0.1) is 0 Å². The Morgan fingerprint density at radius 3 is 2.68 bits per heavy atom. The van der Waals surface area contributed by atoms with Crippen molar-refractivity contribution in [2.45, 2.75) is 32.3 Å². The molecule has 19 heavy (non-hydrogen) atoms. The second kappa shape index (κ2) is 5.83. The van der Waals surface area contributed by atoms with E-state index in [-0.39, 0.29) is 18.1 Å². The van der Waals surface area contributed by atoms with Crippen LogP contribution in [0.2, 0.25) is 0 Å². The van der Waals surface area contributed by atoms with E-state index in [1.165, 1.54) is 23.7 Å². The Morgan fingerprint density at radius 1 is 1.58 bits per heavy atom. The molecule has 0 radical (unpaired) electrons. The molecule has 1 unspecified atom stereocenters. The molecule has 0 saturated carbocycles. The summed E-state index contributed by atoms with van der Waals surface area (Å²) in [6.45, 7) is 3.69. The standard InChI is InChI=1S/C12H19N3O4/c1-4-7-12(2,17)8-13-11(16)9-5-6-10(14(9)3)15(18)19/h5-6,17H,4,7-8H2,1-3H3,(H,13,16). The lowest BCUT2D eigenvalue weighted by Gasteiger charge is -2.22. The second-order valence-corrected chi connectivity index (χ2v) is 4.82. The van der Waals surface area contributed by atoms with Gasteiger partial charge in [0.15, 0.2) is 5.69 Å². The van der Waals surface area contributed by atoms with Crippen LogP contribution < -0.4 is 5.32 Å². The van der Waals surface area contributed by atoms with E-state index in [1.807, 2.05) is 6.92 Å². The van der Waals surface area contributed by atoms with Crippen molar-refractivity contribution >= 4 is 11.7 Å². The summed E-state index contributed by atoms with van der Waals surface area (Å²) in [5, 5.41) is 23.2. The summed E-state index contributed by atoms with van der Waals surface area (Å²) in [6, 6.07) is 2.67. The van der Waals surface area contributed by atoms with Gasteiger partial charge in [0.1, 0.15) is 0 Å². The lowest BCUT2D eigenvalue weighted by atomic mass is 10.0. The average molecular weight is 269 g/mol. The number of nitrogens with one attached hydrogen (secondary N) is 1. The minimum Gasteiger partial charge on any atom is -0.388 e. The second-order valence-electron chi connectivity index (χ2n) is 4.82. The summed E-state index contributed by atoms with van der Waals surface area (Å²) in [5.41, 5.74) is -0.777. The van der Waals surface area contributed by atoms with Gasteiger partial charge < -0.3 is 20.5 Å². The van der Waals surface area contributed by atoms with Crippen LogP contribution in [-0.4, -0.2) is 32.6 Å². The van der Waals surface area contributed by atoms with E-state index in [4.69, 9.17) is 0 Å². The predicted octanol–water partition coefficient (Wildman–Crippen LogP) is 1.21. The Labute approximate surface area is 111 Å². The zero-order valence-corrected chi connectivity index (χ0v) is 11.3. The van der Waals surface area contributed by atoms with Crippen molar-refractivity contribution in [2.75, 3.05) is 6.54 Å². The molecule has 0 aromatic carbocycles. The van der Waals surface area contributed by atoms with Crippen molar-refractivity contribution in [2.24, 2.45) is 7.05 Å². The molecule has 0 bridgehead atoms. The molecular weight excluding hydrogens is 250 g/mol. The lowest BCUT2D eigenvalue weighted by Crippen LogP contribution is -2.40. The van der Waals surface area contributed by atoms with Crippen LogP contribution in [-0.2, 0) is 7.05 Å². The lowest BCUT2D eigenvalue weighted by molar-refractivity contribution is -0.391. The van der Waals surface area contributed by atoms with Gasteiger partial charge in [0.05, 0.1) is 12.6 Å². The molecule has 0 aliphatic carbocycles. The van der Waals surface area contributed by atoms with Crippen LogP contribution in [0.15, 0.2) is 12.1 Å². The first kappa shape index (κ1) is 15.2. The summed E-state index contributed by atoms with van der Waals surface area (Å²) in [4.78, 5) is 22.0. The summed E-state index contributed by atoms with van der Waals surface area (Å²) < 4.78 is 1.21. The number of aliphatic hydroxyl groups is 1. The Bertz CT molecular complexity index is 479.